The van der Waals surface area contributed by atoms with Crippen molar-refractivity contribution in [1.82, 2.24) is 4.90 Å². The molecular formula is C8H12FNO. The molecule has 1 fully saturated rings. The maximum Gasteiger partial charge on any atom is 0.109 e. The summed E-state index contributed by atoms with van der Waals surface area (Å²) in [5, 5.41) is 0. The Labute approximate surface area is 65.6 Å². The molecule has 0 radical (unpaired) electrons. The van der Waals surface area contributed by atoms with Crippen molar-refractivity contribution >= 4 is 0 Å². The summed E-state index contributed by atoms with van der Waals surface area (Å²) in [5.74, 6) is 0.0295. The van der Waals surface area contributed by atoms with Crippen molar-refractivity contribution in [1.29, 1.82) is 0 Å². The number of likely N-dealkylation sites (N-methyl/N-ethyl adjacent to an activating group) is 1. The first-order valence-electron chi connectivity index (χ1n) is 3.85. The minimum atomic E-state index is -0.271. The summed E-state index contributed by atoms with van der Waals surface area (Å²) in [5.41, 5.74) is -0.271. The van der Waals surface area contributed by atoms with Gasteiger partial charge in [0.25, 0.3) is 0 Å². The van der Waals surface area contributed by atoms with Crippen LogP contribution in [0.1, 0.15) is 0 Å². The van der Waals surface area contributed by atoms with Crippen LogP contribution < -0.4 is 0 Å². The van der Waals surface area contributed by atoms with Crippen LogP contribution in [0.5, 0.6) is 0 Å². The molecule has 2 aliphatic heterocycles. The first-order chi connectivity index (χ1) is 5.23. The highest BCUT2D eigenvalue weighted by Gasteiger charge is 2.45. The maximum atomic E-state index is 13.2. The summed E-state index contributed by atoms with van der Waals surface area (Å²) in [6, 6.07) is 0. The molecule has 0 aromatic heterocycles. The molecule has 1 saturated heterocycles. The van der Waals surface area contributed by atoms with Gasteiger partial charge in [0.15, 0.2) is 0 Å². The normalized spacial score (nSPS) is 29.8. The highest BCUT2D eigenvalue weighted by atomic mass is 19.1. The zero-order chi connectivity index (χ0) is 7.90. The van der Waals surface area contributed by atoms with E-state index in [1.807, 2.05) is 7.05 Å². The van der Waals surface area contributed by atoms with E-state index in [4.69, 9.17) is 4.74 Å². The Balaban J connectivity index is 2.18. The molecule has 2 nitrogen and oxygen atoms in total. The molecule has 0 aromatic rings. The number of hydrogen-bond acceptors (Lipinski definition) is 2. The highest BCUT2D eigenvalue weighted by Crippen LogP contribution is 2.39. The van der Waals surface area contributed by atoms with Crippen molar-refractivity contribution in [3.05, 3.63) is 11.9 Å². The van der Waals surface area contributed by atoms with Gasteiger partial charge in [-0.15, -0.1) is 0 Å². The number of halogens is 1. The molecule has 0 atom stereocenters. The molecule has 2 aliphatic rings. The van der Waals surface area contributed by atoms with Gasteiger partial charge in [0.1, 0.15) is 5.83 Å². The van der Waals surface area contributed by atoms with Gasteiger partial charge >= 0.3 is 0 Å². The van der Waals surface area contributed by atoms with Crippen LogP contribution in [0.2, 0.25) is 0 Å². The highest BCUT2D eigenvalue weighted by molar-refractivity contribution is 5.16. The Morgan fingerprint density at radius 1 is 1.64 bits per heavy atom. The molecule has 0 aromatic carbocycles. The first-order valence-corrected chi connectivity index (χ1v) is 3.85. The van der Waals surface area contributed by atoms with Crippen LogP contribution in [0.4, 0.5) is 4.39 Å². The quantitative estimate of drug-likeness (QED) is 0.515. The Morgan fingerprint density at radius 3 is 2.82 bits per heavy atom. The molecule has 2 heterocycles. The monoisotopic (exact) mass is 157 g/mol. The second kappa shape index (κ2) is 2.29. The lowest BCUT2D eigenvalue weighted by Gasteiger charge is -2.44. The predicted molar refractivity (Wildman–Crippen MR) is 39.9 cm³/mol. The molecule has 3 heteroatoms. The Morgan fingerprint density at radius 2 is 2.36 bits per heavy atom. The third kappa shape index (κ3) is 0.993. The van der Waals surface area contributed by atoms with Gasteiger partial charge in [-0.3, -0.25) is 0 Å². The van der Waals surface area contributed by atoms with Crippen molar-refractivity contribution in [2.45, 2.75) is 0 Å². The Bertz CT molecular complexity index is 198. The van der Waals surface area contributed by atoms with Crippen LogP contribution >= 0.6 is 0 Å². The lowest BCUT2D eigenvalue weighted by molar-refractivity contribution is -0.115. The number of hydrogen-bond donors (Lipinski definition) is 0. The Kier molecular flexibility index (Phi) is 1.51. The minimum Gasteiger partial charge on any atom is -0.379 e. The van der Waals surface area contributed by atoms with Crippen molar-refractivity contribution in [2.75, 3.05) is 33.4 Å². The summed E-state index contributed by atoms with van der Waals surface area (Å²) in [6.45, 7) is 2.64. The fourth-order valence-electron chi connectivity index (χ4n) is 1.69. The average molecular weight is 157 g/mol. The van der Waals surface area contributed by atoms with E-state index in [9.17, 15) is 4.39 Å². The summed E-state index contributed by atoms with van der Waals surface area (Å²) < 4.78 is 18.2. The van der Waals surface area contributed by atoms with E-state index in [2.05, 4.69) is 4.90 Å². The zero-order valence-corrected chi connectivity index (χ0v) is 6.64. The zero-order valence-electron chi connectivity index (χ0n) is 6.64. The molecule has 11 heavy (non-hydrogen) atoms. The number of rotatable bonds is 0. The molecule has 0 bridgehead atoms. The summed E-state index contributed by atoms with van der Waals surface area (Å²) in [4.78, 5) is 2.12. The van der Waals surface area contributed by atoms with Gasteiger partial charge in [-0.1, -0.05) is 0 Å². The molecule has 0 unspecified atom stereocenters. The molecule has 2 rings (SSSR count). The summed E-state index contributed by atoms with van der Waals surface area (Å²) in [7, 11) is 2.00. The topological polar surface area (TPSA) is 12.5 Å². The number of ether oxygens (including phenoxy) is 1. The van der Waals surface area contributed by atoms with Crippen LogP contribution in [0, 0.1) is 5.41 Å². The van der Waals surface area contributed by atoms with Gasteiger partial charge in [-0.05, 0) is 13.1 Å². The van der Waals surface area contributed by atoms with Crippen LogP contribution in [-0.4, -0.2) is 38.3 Å². The molecular weight excluding hydrogens is 145 g/mol. The lowest BCUT2D eigenvalue weighted by atomic mass is 9.82. The third-order valence-electron chi connectivity index (χ3n) is 2.42. The molecule has 1 spiro atoms. The van der Waals surface area contributed by atoms with Gasteiger partial charge in [-0.25, -0.2) is 4.39 Å². The van der Waals surface area contributed by atoms with E-state index in [1.54, 1.807) is 6.08 Å². The van der Waals surface area contributed by atoms with Crippen molar-refractivity contribution in [2.24, 2.45) is 5.41 Å². The van der Waals surface area contributed by atoms with E-state index in [0.29, 0.717) is 13.2 Å². The molecule has 0 saturated carbocycles. The lowest BCUT2D eigenvalue weighted by Crippen LogP contribution is -2.52. The van der Waals surface area contributed by atoms with E-state index in [0.717, 1.165) is 13.1 Å². The summed E-state index contributed by atoms with van der Waals surface area (Å²) in [6.07, 6.45) is 1.66. The van der Waals surface area contributed by atoms with Crippen LogP contribution in [0.25, 0.3) is 0 Å². The van der Waals surface area contributed by atoms with Crippen LogP contribution in [0.3, 0.4) is 0 Å². The summed E-state index contributed by atoms with van der Waals surface area (Å²) >= 11 is 0. The minimum absolute atomic E-state index is 0.0295. The smallest absolute Gasteiger partial charge is 0.109 e. The molecule has 0 N–H and O–H groups in total. The van der Waals surface area contributed by atoms with Crippen molar-refractivity contribution in [3.8, 4) is 0 Å². The maximum absolute atomic E-state index is 13.2. The van der Waals surface area contributed by atoms with E-state index in [-0.39, 0.29) is 11.2 Å². The largest absolute Gasteiger partial charge is 0.379 e. The van der Waals surface area contributed by atoms with E-state index in [1.165, 1.54) is 0 Å². The Hall–Kier alpha value is -0.410. The van der Waals surface area contributed by atoms with Gasteiger partial charge in [0, 0.05) is 13.1 Å². The fourth-order valence-corrected chi connectivity index (χ4v) is 1.69. The standard InChI is InChI=1S/C8H12FNO/c1-10-3-2-7(9)8(4-10)5-11-6-8/h2H,3-6H2,1H3. The van der Waals surface area contributed by atoms with Crippen molar-refractivity contribution in [3.63, 3.8) is 0 Å². The second-order valence-electron chi connectivity index (χ2n) is 3.52. The predicted octanol–water partition coefficient (Wildman–Crippen LogP) is 0.802. The van der Waals surface area contributed by atoms with Crippen LogP contribution in [0.15, 0.2) is 11.9 Å². The molecule has 0 aliphatic carbocycles. The average Bonchev–Trinajstić information content (AvgIpc) is 1.91. The van der Waals surface area contributed by atoms with Gasteiger partial charge < -0.3 is 9.64 Å². The first kappa shape index (κ1) is 7.25. The van der Waals surface area contributed by atoms with Gasteiger partial charge in [0.05, 0.1) is 18.6 Å². The molecule has 62 valence electrons. The molecule has 0 amide bonds. The van der Waals surface area contributed by atoms with Gasteiger partial charge in [0.2, 0.25) is 0 Å². The van der Waals surface area contributed by atoms with E-state index >= 15 is 0 Å². The van der Waals surface area contributed by atoms with E-state index < -0.39 is 0 Å². The number of nitrogens with zero attached hydrogens (tertiary/aromatic N) is 1. The second-order valence-corrected chi connectivity index (χ2v) is 3.52. The van der Waals surface area contributed by atoms with Crippen molar-refractivity contribution < 1.29 is 9.13 Å². The third-order valence-corrected chi connectivity index (χ3v) is 2.42. The SMILES string of the molecule is CN1CC=C(F)C2(COC2)C1. The fraction of sp³-hybridized carbons (Fsp3) is 0.750. The van der Waals surface area contributed by atoms with Crippen LogP contribution in [-0.2, 0) is 4.74 Å². The van der Waals surface area contributed by atoms with Gasteiger partial charge in [-0.2, -0.15) is 0 Å².